The van der Waals surface area contributed by atoms with E-state index >= 15 is 0 Å². The fourth-order valence-corrected chi connectivity index (χ4v) is 1.19. The van der Waals surface area contributed by atoms with Crippen molar-refractivity contribution in [2.75, 3.05) is 0 Å². The number of carbonyl (C=O) groups is 2. The van der Waals surface area contributed by atoms with E-state index in [4.69, 9.17) is 9.84 Å². The standard InChI is InChI=1S/C14H14O4/c1-2-3-4-5-13(15)18-10-11-6-8-12(9-7-11)14(16)17/h2-9H,10H2,1H3,(H,16,17)/b3-2+,5-4+. The van der Waals surface area contributed by atoms with Crippen LogP contribution in [-0.4, -0.2) is 17.0 Å². The average molecular weight is 246 g/mol. The second kappa shape index (κ2) is 7.06. The van der Waals surface area contributed by atoms with Gasteiger partial charge < -0.3 is 9.84 Å². The third kappa shape index (κ3) is 4.65. The molecule has 0 radical (unpaired) electrons. The number of esters is 1. The lowest BCUT2D eigenvalue weighted by atomic mass is 10.1. The minimum absolute atomic E-state index is 0.124. The molecule has 18 heavy (non-hydrogen) atoms. The van der Waals surface area contributed by atoms with Crippen molar-refractivity contribution in [3.8, 4) is 0 Å². The SMILES string of the molecule is C/C=C/C=C/C(=O)OCc1ccc(C(=O)O)cc1. The lowest BCUT2D eigenvalue weighted by molar-refractivity contribution is -0.139. The normalized spacial score (nSPS) is 10.9. The highest BCUT2D eigenvalue weighted by atomic mass is 16.5. The summed E-state index contributed by atoms with van der Waals surface area (Å²) in [5.41, 5.74) is 0.950. The van der Waals surface area contributed by atoms with Crippen LogP contribution >= 0.6 is 0 Å². The van der Waals surface area contributed by atoms with E-state index in [-0.39, 0.29) is 12.2 Å². The van der Waals surface area contributed by atoms with Crippen LogP contribution in [0.3, 0.4) is 0 Å². The molecule has 94 valence electrons. The molecular formula is C14H14O4. The monoisotopic (exact) mass is 246 g/mol. The molecule has 1 N–H and O–H groups in total. The molecule has 1 aromatic rings. The van der Waals surface area contributed by atoms with Crippen LogP contribution in [0, 0.1) is 0 Å². The topological polar surface area (TPSA) is 63.6 Å². The molecule has 0 aliphatic rings. The molecule has 0 amide bonds. The van der Waals surface area contributed by atoms with Crippen LogP contribution in [0.25, 0.3) is 0 Å². The minimum Gasteiger partial charge on any atom is -0.478 e. The number of benzene rings is 1. The van der Waals surface area contributed by atoms with Crippen molar-refractivity contribution in [2.24, 2.45) is 0 Å². The van der Waals surface area contributed by atoms with Gasteiger partial charge in [0, 0.05) is 6.08 Å². The van der Waals surface area contributed by atoms with Crippen LogP contribution in [-0.2, 0) is 16.1 Å². The lowest BCUT2D eigenvalue weighted by Gasteiger charge is -2.02. The van der Waals surface area contributed by atoms with E-state index in [0.29, 0.717) is 0 Å². The number of aromatic carboxylic acids is 1. The number of ether oxygens (including phenoxy) is 1. The predicted molar refractivity (Wildman–Crippen MR) is 67.2 cm³/mol. The van der Waals surface area contributed by atoms with E-state index in [9.17, 15) is 9.59 Å². The maximum absolute atomic E-state index is 11.2. The first-order valence-electron chi connectivity index (χ1n) is 5.42. The number of rotatable bonds is 5. The Balaban J connectivity index is 2.48. The van der Waals surface area contributed by atoms with Crippen molar-refractivity contribution in [3.05, 3.63) is 59.7 Å². The first-order valence-corrected chi connectivity index (χ1v) is 5.42. The first kappa shape index (κ1) is 13.7. The zero-order chi connectivity index (χ0) is 13.4. The molecule has 4 nitrogen and oxygen atoms in total. The predicted octanol–water partition coefficient (Wildman–Crippen LogP) is 2.56. The summed E-state index contributed by atoms with van der Waals surface area (Å²) < 4.78 is 4.97. The number of carboxylic acid groups (broad SMARTS) is 1. The summed E-state index contributed by atoms with van der Waals surface area (Å²) in [6, 6.07) is 6.18. The Hall–Kier alpha value is -2.36. The van der Waals surface area contributed by atoms with Crippen molar-refractivity contribution in [3.63, 3.8) is 0 Å². The Bertz CT molecular complexity index is 469. The van der Waals surface area contributed by atoms with Crippen molar-refractivity contribution in [2.45, 2.75) is 13.5 Å². The van der Waals surface area contributed by atoms with Crippen molar-refractivity contribution in [1.29, 1.82) is 0 Å². The van der Waals surface area contributed by atoms with Gasteiger partial charge in [0.05, 0.1) is 5.56 Å². The van der Waals surface area contributed by atoms with Gasteiger partial charge in [0.1, 0.15) is 6.61 Å². The van der Waals surface area contributed by atoms with Crippen molar-refractivity contribution in [1.82, 2.24) is 0 Å². The van der Waals surface area contributed by atoms with Gasteiger partial charge in [0.2, 0.25) is 0 Å². The maximum Gasteiger partial charge on any atom is 0.335 e. The number of carbonyl (C=O) groups excluding carboxylic acids is 1. The van der Waals surface area contributed by atoms with Gasteiger partial charge in [-0.05, 0) is 24.6 Å². The molecule has 0 spiro atoms. The van der Waals surface area contributed by atoms with Crippen molar-refractivity contribution >= 4 is 11.9 Å². The summed E-state index contributed by atoms with van der Waals surface area (Å²) in [5.74, 6) is -1.41. The van der Waals surface area contributed by atoms with Crippen LogP contribution < -0.4 is 0 Å². The third-order valence-corrected chi connectivity index (χ3v) is 2.12. The molecule has 1 aromatic carbocycles. The summed E-state index contributed by atoms with van der Waals surface area (Å²) in [5, 5.41) is 8.71. The first-order chi connectivity index (χ1) is 8.63. The Labute approximate surface area is 105 Å². The van der Waals surface area contributed by atoms with E-state index in [0.717, 1.165) is 5.56 Å². The van der Waals surface area contributed by atoms with Gasteiger partial charge in [0.25, 0.3) is 0 Å². The quantitative estimate of drug-likeness (QED) is 0.492. The minimum atomic E-state index is -0.979. The molecule has 0 saturated carbocycles. The van der Waals surface area contributed by atoms with Crippen LogP contribution in [0.15, 0.2) is 48.6 Å². The Kier molecular flexibility index (Phi) is 5.38. The largest absolute Gasteiger partial charge is 0.478 e. The Morgan fingerprint density at radius 2 is 1.89 bits per heavy atom. The molecule has 0 atom stereocenters. The van der Waals surface area contributed by atoms with E-state index in [1.807, 2.05) is 6.92 Å². The average Bonchev–Trinajstić information content (AvgIpc) is 2.37. The highest BCUT2D eigenvalue weighted by Gasteiger charge is 2.02. The molecular weight excluding hydrogens is 232 g/mol. The van der Waals surface area contributed by atoms with Crippen LogP contribution in [0.1, 0.15) is 22.8 Å². The van der Waals surface area contributed by atoms with Gasteiger partial charge in [0.15, 0.2) is 0 Å². The number of allylic oxidation sites excluding steroid dienone is 3. The smallest absolute Gasteiger partial charge is 0.335 e. The van der Waals surface area contributed by atoms with E-state index < -0.39 is 11.9 Å². The third-order valence-electron chi connectivity index (χ3n) is 2.12. The van der Waals surface area contributed by atoms with Gasteiger partial charge in [-0.1, -0.05) is 30.4 Å². The molecule has 0 bridgehead atoms. The molecule has 4 heteroatoms. The number of carboxylic acids is 1. The molecule has 0 saturated heterocycles. The molecule has 0 aliphatic heterocycles. The van der Waals surface area contributed by atoms with E-state index in [1.54, 1.807) is 30.4 Å². The van der Waals surface area contributed by atoms with Crippen LogP contribution in [0.5, 0.6) is 0 Å². The second-order valence-electron chi connectivity index (χ2n) is 3.49. The van der Waals surface area contributed by atoms with Crippen LogP contribution in [0.4, 0.5) is 0 Å². The lowest BCUT2D eigenvalue weighted by Crippen LogP contribution is -2.01. The molecule has 0 aliphatic carbocycles. The second-order valence-corrected chi connectivity index (χ2v) is 3.49. The molecule has 0 unspecified atom stereocenters. The fraction of sp³-hybridized carbons (Fsp3) is 0.143. The molecule has 0 aromatic heterocycles. The zero-order valence-corrected chi connectivity index (χ0v) is 10.00. The molecule has 1 rings (SSSR count). The Morgan fingerprint density at radius 1 is 1.22 bits per heavy atom. The summed E-state index contributed by atoms with van der Waals surface area (Å²) >= 11 is 0. The fourth-order valence-electron chi connectivity index (χ4n) is 1.19. The highest BCUT2D eigenvalue weighted by Crippen LogP contribution is 2.06. The summed E-state index contributed by atoms with van der Waals surface area (Å²) in [6.07, 6.45) is 6.44. The van der Waals surface area contributed by atoms with E-state index in [1.165, 1.54) is 18.2 Å². The van der Waals surface area contributed by atoms with Gasteiger partial charge in [-0.2, -0.15) is 0 Å². The van der Waals surface area contributed by atoms with Gasteiger partial charge in [-0.3, -0.25) is 0 Å². The Morgan fingerprint density at radius 3 is 2.44 bits per heavy atom. The molecule has 0 fully saturated rings. The maximum atomic E-state index is 11.2. The number of hydrogen-bond acceptors (Lipinski definition) is 3. The van der Waals surface area contributed by atoms with Gasteiger partial charge >= 0.3 is 11.9 Å². The number of hydrogen-bond donors (Lipinski definition) is 1. The van der Waals surface area contributed by atoms with Crippen molar-refractivity contribution < 1.29 is 19.4 Å². The zero-order valence-electron chi connectivity index (χ0n) is 10.00. The van der Waals surface area contributed by atoms with Gasteiger partial charge in [-0.25, -0.2) is 9.59 Å². The van der Waals surface area contributed by atoms with E-state index in [2.05, 4.69) is 0 Å². The van der Waals surface area contributed by atoms with Gasteiger partial charge in [-0.15, -0.1) is 0 Å². The highest BCUT2D eigenvalue weighted by molar-refractivity contribution is 5.87. The molecule has 0 heterocycles. The van der Waals surface area contributed by atoms with Crippen LogP contribution in [0.2, 0.25) is 0 Å². The summed E-state index contributed by atoms with van der Waals surface area (Å²) in [7, 11) is 0. The summed E-state index contributed by atoms with van der Waals surface area (Å²) in [6.45, 7) is 1.97. The summed E-state index contributed by atoms with van der Waals surface area (Å²) in [4.78, 5) is 21.9.